The number of nitrogens with one attached hydrogen (secondary N) is 2. The summed E-state index contributed by atoms with van der Waals surface area (Å²) in [7, 11) is -4.11. The maximum absolute atomic E-state index is 14.9. The van der Waals surface area contributed by atoms with Crippen LogP contribution in [-0.2, 0) is 10.0 Å². The predicted molar refractivity (Wildman–Crippen MR) is 176 cm³/mol. The van der Waals surface area contributed by atoms with E-state index in [0.29, 0.717) is 35.0 Å². The van der Waals surface area contributed by atoms with Crippen LogP contribution in [0.2, 0.25) is 0 Å². The minimum Gasteiger partial charge on any atom is -0.363 e. The van der Waals surface area contributed by atoms with Crippen molar-refractivity contribution >= 4 is 38.2 Å². The summed E-state index contributed by atoms with van der Waals surface area (Å²) >= 11 is 0. The number of anilines is 1. The SMILES string of the molecule is CCC(NC1=NC(N)N=C(C)C1c1cncc(S(=O)(=O)Nc2ccc(F)cc2)c1)c1nc2cccc(F)c2c(=O)n1-c1ccccc1. The van der Waals surface area contributed by atoms with Crippen LogP contribution in [0.3, 0.4) is 0 Å². The van der Waals surface area contributed by atoms with Gasteiger partial charge in [0.2, 0.25) is 0 Å². The van der Waals surface area contributed by atoms with Gasteiger partial charge in [0.25, 0.3) is 15.6 Å². The van der Waals surface area contributed by atoms with Crippen LogP contribution in [0.15, 0.2) is 111 Å². The molecule has 0 fully saturated rings. The van der Waals surface area contributed by atoms with Crippen molar-refractivity contribution in [3.05, 3.63) is 125 Å². The number of aromatic nitrogens is 3. The highest BCUT2D eigenvalue weighted by atomic mass is 32.2. The fourth-order valence-corrected chi connectivity index (χ4v) is 6.57. The third-order valence-electron chi connectivity index (χ3n) is 7.70. The van der Waals surface area contributed by atoms with Crippen molar-refractivity contribution in [3.8, 4) is 5.69 Å². The molecule has 11 nitrogen and oxygen atoms in total. The Kier molecular flexibility index (Phi) is 8.62. The topological polar surface area (TPSA) is 157 Å². The second-order valence-corrected chi connectivity index (χ2v) is 12.6. The smallest absolute Gasteiger partial charge is 0.269 e. The molecule has 240 valence electrons. The molecule has 4 N–H and O–H groups in total. The van der Waals surface area contributed by atoms with Crippen LogP contribution in [-0.4, -0.2) is 40.8 Å². The Morgan fingerprint density at radius 1 is 0.979 bits per heavy atom. The largest absolute Gasteiger partial charge is 0.363 e. The summed E-state index contributed by atoms with van der Waals surface area (Å²) in [6.45, 7) is 3.64. The highest BCUT2D eigenvalue weighted by molar-refractivity contribution is 7.92. The minimum absolute atomic E-state index is 0.133. The monoisotopic (exact) mass is 656 g/mol. The van der Waals surface area contributed by atoms with Crippen LogP contribution in [0.25, 0.3) is 16.6 Å². The van der Waals surface area contributed by atoms with Crippen LogP contribution in [0.1, 0.15) is 43.6 Å². The number of aliphatic imine (C=N–C) groups is 2. The van der Waals surface area contributed by atoms with E-state index in [0.717, 1.165) is 12.1 Å². The number of hydrogen-bond acceptors (Lipinski definition) is 9. The van der Waals surface area contributed by atoms with Crippen molar-refractivity contribution in [1.29, 1.82) is 0 Å². The number of benzene rings is 3. The second-order valence-electron chi connectivity index (χ2n) is 10.9. The molecule has 2 aromatic heterocycles. The van der Waals surface area contributed by atoms with Crippen LogP contribution >= 0.6 is 0 Å². The van der Waals surface area contributed by atoms with Gasteiger partial charge in [0.15, 0.2) is 6.29 Å². The fourth-order valence-electron chi connectivity index (χ4n) is 5.51. The van der Waals surface area contributed by atoms with Crippen molar-refractivity contribution in [2.75, 3.05) is 4.72 Å². The molecule has 0 saturated heterocycles. The molecule has 1 aliphatic rings. The average Bonchev–Trinajstić information content (AvgIpc) is 3.04. The van der Waals surface area contributed by atoms with Crippen molar-refractivity contribution in [3.63, 3.8) is 0 Å². The predicted octanol–water partition coefficient (Wildman–Crippen LogP) is 4.80. The Hall–Kier alpha value is -5.34. The molecule has 0 bridgehead atoms. The summed E-state index contributed by atoms with van der Waals surface area (Å²) in [5, 5.41) is 3.26. The first kappa shape index (κ1) is 31.6. The lowest BCUT2D eigenvalue weighted by Gasteiger charge is -2.30. The molecule has 3 atom stereocenters. The molecule has 3 aromatic carbocycles. The van der Waals surface area contributed by atoms with E-state index in [1.54, 1.807) is 43.3 Å². The van der Waals surface area contributed by atoms with Crippen LogP contribution in [0.5, 0.6) is 0 Å². The first-order valence-electron chi connectivity index (χ1n) is 14.7. The molecule has 5 aromatic rings. The molecule has 3 heterocycles. The van der Waals surface area contributed by atoms with E-state index in [-0.39, 0.29) is 21.5 Å². The lowest BCUT2D eigenvalue weighted by atomic mass is 9.93. The molecule has 47 heavy (non-hydrogen) atoms. The molecule has 0 spiro atoms. The molecule has 14 heteroatoms. The second kappa shape index (κ2) is 12.8. The van der Waals surface area contributed by atoms with Crippen LogP contribution in [0, 0.1) is 11.6 Å². The summed E-state index contributed by atoms with van der Waals surface area (Å²) in [6, 6.07) is 18.8. The van der Waals surface area contributed by atoms with E-state index in [1.165, 1.54) is 47.3 Å². The molecule has 0 aliphatic carbocycles. The number of halogens is 2. The molecule has 1 aliphatic heterocycles. The Bertz CT molecular complexity index is 2190. The third kappa shape index (κ3) is 6.37. The Morgan fingerprint density at radius 2 is 1.72 bits per heavy atom. The fraction of sp³-hybridized carbons (Fsp3) is 0.182. The number of hydrogen-bond donors (Lipinski definition) is 3. The van der Waals surface area contributed by atoms with Gasteiger partial charge >= 0.3 is 0 Å². The Balaban J connectivity index is 1.41. The lowest BCUT2D eigenvalue weighted by Crippen LogP contribution is -2.42. The minimum atomic E-state index is -4.11. The van der Waals surface area contributed by atoms with Gasteiger partial charge in [0.05, 0.1) is 23.2 Å². The van der Waals surface area contributed by atoms with E-state index in [9.17, 15) is 22.0 Å². The molecule has 3 unspecified atom stereocenters. The molecule has 0 saturated carbocycles. The number of nitrogens with two attached hydrogens (primary N) is 1. The quantitative estimate of drug-likeness (QED) is 0.217. The van der Waals surface area contributed by atoms with E-state index >= 15 is 0 Å². The molecular weight excluding hydrogens is 626 g/mol. The van der Waals surface area contributed by atoms with Crippen molar-refractivity contribution < 1.29 is 17.2 Å². The van der Waals surface area contributed by atoms with Crippen LogP contribution in [0.4, 0.5) is 14.5 Å². The molecule has 0 radical (unpaired) electrons. The molecule has 0 amide bonds. The number of fused-ring (bicyclic) bond motifs is 1. The average molecular weight is 657 g/mol. The van der Waals surface area contributed by atoms with Crippen molar-refractivity contribution in [2.45, 2.75) is 43.4 Å². The van der Waals surface area contributed by atoms with Crippen molar-refractivity contribution in [1.82, 2.24) is 19.9 Å². The van der Waals surface area contributed by atoms with E-state index in [1.807, 2.05) is 6.92 Å². The number of sulfonamides is 1. The maximum Gasteiger partial charge on any atom is 0.269 e. The van der Waals surface area contributed by atoms with Gasteiger partial charge in [-0.05, 0) is 73.5 Å². The summed E-state index contributed by atoms with van der Waals surface area (Å²) in [6.07, 6.45) is 2.19. The molecule has 6 rings (SSSR count). The van der Waals surface area contributed by atoms with Gasteiger partial charge in [-0.25, -0.2) is 27.2 Å². The van der Waals surface area contributed by atoms with E-state index in [2.05, 4.69) is 25.0 Å². The first-order chi connectivity index (χ1) is 22.6. The van der Waals surface area contributed by atoms with Gasteiger partial charge in [0.1, 0.15) is 33.6 Å². The number of amidine groups is 1. The summed E-state index contributed by atoms with van der Waals surface area (Å²) < 4.78 is 58.7. The number of pyridine rings is 1. The van der Waals surface area contributed by atoms with Crippen LogP contribution < -0.4 is 21.3 Å². The summed E-state index contributed by atoms with van der Waals surface area (Å²) in [4.78, 5) is 31.7. The lowest BCUT2D eigenvalue weighted by molar-refractivity contribution is 0.554. The summed E-state index contributed by atoms with van der Waals surface area (Å²) in [5.41, 5.74) is 7.47. The van der Waals surface area contributed by atoms with Gasteiger partial charge in [-0.2, -0.15) is 0 Å². The highest BCUT2D eigenvalue weighted by Gasteiger charge is 2.31. The van der Waals surface area contributed by atoms with Gasteiger partial charge in [-0.3, -0.25) is 29.8 Å². The van der Waals surface area contributed by atoms with Gasteiger partial charge in [-0.1, -0.05) is 31.2 Å². The van der Waals surface area contributed by atoms with Gasteiger partial charge in [0, 0.05) is 23.8 Å². The standard InChI is InChI=1S/C33H30F2N8O3S/c1-3-26(31-40-27-11-7-10-25(35)29(27)32(44)43(31)23-8-5-4-6-9-23)39-30-28(19(2)38-33(36)41-30)20-16-24(18-37-17-20)47(45,46)42-22-14-12-21(34)13-15-22/h4-18,26,28,33,42H,3,36H2,1-2H3,(H,39,41). The zero-order valence-corrected chi connectivity index (χ0v) is 26.1. The normalized spacial score (nSPS) is 17.1. The maximum atomic E-state index is 14.9. The number of rotatable bonds is 8. The Morgan fingerprint density at radius 3 is 2.45 bits per heavy atom. The first-order valence-corrected chi connectivity index (χ1v) is 16.2. The van der Waals surface area contributed by atoms with E-state index in [4.69, 9.17) is 10.7 Å². The van der Waals surface area contributed by atoms with Gasteiger partial charge in [-0.15, -0.1) is 0 Å². The highest BCUT2D eigenvalue weighted by Crippen LogP contribution is 2.28. The van der Waals surface area contributed by atoms with E-state index < -0.39 is 45.5 Å². The number of nitrogens with zero attached hydrogens (tertiary/aromatic N) is 5. The third-order valence-corrected chi connectivity index (χ3v) is 9.05. The zero-order valence-electron chi connectivity index (χ0n) is 25.3. The van der Waals surface area contributed by atoms with Gasteiger partial charge < -0.3 is 5.32 Å². The molecular formula is C33H30F2N8O3S. The summed E-state index contributed by atoms with van der Waals surface area (Å²) in [5.74, 6) is -1.20. The van der Waals surface area contributed by atoms with Crippen molar-refractivity contribution in [2.24, 2.45) is 15.7 Å². The Labute approximate surface area is 269 Å². The number of para-hydroxylation sites is 1. The zero-order chi connectivity index (χ0) is 33.3.